The summed E-state index contributed by atoms with van der Waals surface area (Å²) >= 11 is 0. The summed E-state index contributed by atoms with van der Waals surface area (Å²) in [6.07, 6.45) is 4.81. The van der Waals surface area contributed by atoms with Crippen LogP contribution < -0.4 is 5.73 Å². The van der Waals surface area contributed by atoms with Crippen LogP contribution in [-0.2, 0) is 19.2 Å². The molecule has 5 nitrogen and oxygen atoms in total. The smallest absolute Gasteiger partial charge is 0.201 e. The van der Waals surface area contributed by atoms with E-state index >= 15 is 0 Å². The molecule has 4 aliphatic heterocycles. The van der Waals surface area contributed by atoms with Gasteiger partial charge in [-0.25, -0.2) is 9.78 Å². The van der Waals surface area contributed by atoms with E-state index in [9.17, 15) is 0 Å². The summed E-state index contributed by atoms with van der Waals surface area (Å²) in [5, 5.41) is 0. The first-order chi connectivity index (χ1) is 9.05. The van der Waals surface area contributed by atoms with Crippen LogP contribution in [0.15, 0.2) is 0 Å². The van der Waals surface area contributed by atoms with Gasteiger partial charge in [-0.3, -0.25) is 0 Å². The van der Waals surface area contributed by atoms with E-state index in [0.29, 0.717) is 11.8 Å². The van der Waals surface area contributed by atoms with Crippen molar-refractivity contribution in [2.45, 2.75) is 69.9 Å². The molecule has 4 saturated heterocycles. The molecule has 1 saturated carbocycles. The SMILES string of the molecule is CC1C(N)OC2OC3(C)CCC4CCCC1C42OO3. The van der Waals surface area contributed by atoms with Crippen LogP contribution in [0.25, 0.3) is 0 Å². The molecule has 0 radical (unpaired) electrons. The van der Waals surface area contributed by atoms with Crippen molar-refractivity contribution in [3.63, 3.8) is 0 Å². The molecule has 4 heterocycles. The van der Waals surface area contributed by atoms with Gasteiger partial charge in [-0.2, -0.15) is 0 Å². The Morgan fingerprint density at radius 3 is 2.84 bits per heavy atom. The Labute approximate surface area is 113 Å². The van der Waals surface area contributed by atoms with Crippen LogP contribution in [0, 0.1) is 17.8 Å². The fourth-order valence-corrected chi connectivity index (χ4v) is 4.58. The molecule has 0 aromatic carbocycles. The lowest BCUT2D eigenvalue weighted by Crippen LogP contribution is -2.70. The molecule has 0 aromatic heterocycles. The van der Waals surface area contributed by atoms with E-state index in [4.69, 9.17) is 25.0 Å². The maximum Gasteiger partial charge on any atom is 0.201 e. The molecule has 2 bridgehead atoms. The van der Waals surface area contributed by atoms with Crippen LogP contribution in [0.4, 0.5) is 0 Å². The molecule has 19 heavy (non-hydrogen) atoms. The Bertz CT molecular complexity index is 392. The normalized spacial score (nSPS) is 60.5. The summed E-state index contributed by atoms with van der Waals surface area (Å²) in [7, 11) is 0. The van der Waals surface area contributed by atoms with Gasteiger partial charge < -0.3 is 15.2 Å². The molecule has 0 amide bonds. The van der Waals surface area contributed by atoms with E-state index in [1.54, 1.807) is 0 Å². The quantitative estimate of drug-likeness (QED) is 0.681. The second kappa shape index (κ2) is 3.92. The van der Waals surface area contributed by atoms with Gasteiger partial charge in [-0.1, -0.05) is 13.3 Å². The van der Waals surface area contributed by atoms with Crippen LogP contribution in [0.3, 0.4) is 0 Å². The van der Waals surface area contributed by atoms with Crippen LogP contribution in [0.2, 0.25) is 0 Å². The summed E-state index contributed by atoms with van der Waals surface area (Å²) < 4.78 is 12.1. The highest BCUT2D eigenvalue weighted by Crippen LogP contribution is 2.58. The number of rotatable bonds is 0. The Kier molecular flexibility index (Phi) is 2.59. The molecular formula is C14H23NO4. The fraction of sp³-hybridized carbons (Fsp3) is 1.00. The number of hydrogen-bond donors (Lipinski definition) is 1. The molecule has 1 spiro atoms. The number of nitrogens with two attached hydrogens (primary N) is 1. The van der Waals surface area contributed by atoms with Gasteiger partial charge in [-0.05, 0) is 32.1 Å². The van der Waals surface area contributed by atoms with Crippen molar-refractivity contribution < 1.29 is 19.2 Å². The minimum atomic E-state index is -0.682. The lowest BCUT2D eigenvalue weighted by atomic mass is 9.61. The lowest BCUT2D eigenvalue weighted by molar-refractivity contribution is -0.569. The number of hydrogen-bond acceptors (Lipinski definition) is 5. The van der Waals surface area contributed by atoms with Gasteiger partial charge in [0.15, 0.2) is 11.9 Å². The van der Waals surface area contributed by atoms with E-state index in [0.717, 1.165) is 19.3 Å². The third kappa shape index (κ3) is 1.54. The summed E-state index contributed by atoms with van der Waals surface area (Å²) in [6.45, 7) is 4.09. The predicted octanol–water partition coefficient (Wildman–Crippen LogP) is 1.91. The molecule has 7 unspecified atom stereocenters. The predicted molar refractivity (Wildman–Crippen MR) is 66.5 cm³/mol. The highest BCUT2D eigenvalue weighted by Gasteiger charge is 2.67. The van der Waals surface area contributed by atoms with Gasteiger partial charge in [0.1, 0.15) is 6.23 Å². The van der Waals surface area contributed by atoms with Crippen molar-refractivity contribution in [2.24, 2.45) is 23.5 Å². The van der Waals surface area contributed by atoms with Crippen molar-refractivity contribution in [1.82, 2.24) is 0 Å². The van der Waals surface area contributed by atoms with Crippen molar-refractivity contribution in [3.05, 3.63) is 0 Å². The van der Waals surface area contributed by atoms with Gasteiger partial charge in [0.25, 0.3) is 0 Å². The second-order valence-corrected chi connectivity index (χ2v) is 6.84. The Hall–Kier alpha value is -0.200. The highest BCUT2D eigenvalue weighted by atomic mass is 17.3. The summed E-state index contributed by atoms with van der Waals surface area (Å²) in [5.74, 6) is 0.407. The lowest BCUT2D eigenvalue weighted by Gasteiger charge is -2.58. The first kappa shape index (κ1) is 12.5. The number of ether oxygens (including phenoxy) is 2. The Balaban J connectivity index is 1.80. The monoisotopic (exact) mass is 269 g/mol. The average Bonchev–Trinajstić information content (AvgIpc) is 2.61. The highest BCUT2D eigenvalue weighted by molar-refractivity contribution is 5.07. The maximum absolute atomic E-state index is 6.14. The molecule has 5 heteroatoms. The van der Waals surface area contributed by atoms with Gasteiger partial charge in [0.2, 0.25) is 5.79 Å². The fourth-order valence-electron chi connectivity index (χ4n) is 4.58. The summed E-state index contributed by atoms with van der Waals surface area (Å²) in [6, 6.07) is 0. The topological polar surface area (TPSA) is 62.9 Å². The zero-order valence-electron chi connectivity index (χ0n) is 11.6. The standard InChI is InChI=1S/C14H23NO4/c1-8-10-5-3-4-9-6-7-13(2)17-12(16-11(8)15)14(9,10)19-18-13/h8-12H,3-7,15H2,1-2H3. The first-order valence-electron chi connectivity index (χ1n) is 7.51. The van der Waals surface area contributed by atoms with Crippen LogP contribution >= 0.6 is 0 Å². The van der Waals surface area contributed by atoms with Crippen LogP contribution in [0.1, 0.15) is 46.0 Å². The minimum Gasteiger partial charge on any atom is -0.331 e. The van der Waals surface area contributed by atoms with Crippen molar-refractivity contribution in [2.75, 3.05) is 0 Å². The van der Waals surface area contributed by atoms with Gasteiger partial charge in [0.05, 0.1) is 0 Å². The van der Waals surface area contributed by atoms with E-state index in [1.807, 2.05) is 6.92 Å². The van der Waals surface area contributed by atoms with Gasteiger partial charge >= 0.3 is 0 Å². The minimum absolute atomic E-state index is 0.272. The Morgan fingerprint density at radius 2 is 2.00 bits per heavy atom. The number of fused-ring (bicyclic) bond motifs is 2. The molecule has 1 aliphatic carbocycles. The van der Waals surface area contributed by atoms with E-state index in [1.165, 1.54) is 12.8 Å². The average molecular weight is 269 g/mol. The zero-order valence-corrected chi connectivity index (χ0v) is 11.6. The third-order valence-electron chi connectivity index (χ3n) is 5.75. The van der Waals surface area contributed by atoms with Gasteiger partial charge in [-0.15, -0.1) is 0 Å². The second-order valence-electron chi connectivity index (χ2n) is 6.84. The Morgan fingerprint density at radius 1 is 1.16 bits per heavy atom. The molecular weight excluding hydrogens is 246 g/mol. The molecule has 7 atom stereocenters. The van der Waals surface area contributed by atoms with E-state index < -0.39 is 11.4 Å². The summed E-state index contributed by atoms with van der Waals surface area (Å²) in [5.41, 5.74) is 5.70. The van der Waals surface area contributed by atoms with E-state index in [2.05, 4.69) is 6.92 Å². The first-order valence-corrected chi connectivity index (χ1v) is 7.51. The van der Waals surface area contributed by atoms with Crippen molar-refractivity contribution in [1.29, 1.82) is 0 Å². The van der Waals surface area contributed by atoms with Crippen LogP contribution in [0.5, 0.6) is 0 Å². The third-order valence-corrected chi connectivity index (χ3v) is 5.75. The van der Waals surface area contributed by atoms with Crippen LogP contribution in [-0.4, -0.2) is 23.9 Å². The molecule has 5 fully saturated rings. The maximum atomic E-state index is 6.14. The van der Waals surface area contributed by atoms with Crippen molar-refractivity contribution in [3.8, 4) is 0 Å². The van der Waals surface area contributed by atoms with E-state index in [-0.39, 0.29) is 18.4 Å². The molecule has 5 aliphatic rings. The molecule has 108 valence electrons. The largest absolute Gasteiger partial charge is 0.331 e. The zero-order chi connectivity index (χ0) is 13.3. The molecule has 0 aromatic rings. The van der Waals surface area contributed by atoms with Crippen molar-refractivity contribution >= 4 is 0 Å². The van der Waals surface area contributed by atoms with Gasteiger partial charge in [0, 0.05) is 18.3 Å². The summed E-state index contributed by atoms with van der Waals surface area (Å²) in [4.78, 5) is 11.6. The molecule has 5 rings (SSSR count). The molecule has 2 N–H and O–H groups in total.